The van der Waals surface area contributed by atoms with Crippen LogP contribution in [-0.2, 0) is 14.3 Å². The third-order valence-corrected chi connectivity index (χ3v) is 3.76. The van der Waals surface area contributed by atoms with Crippen molar-refractivity contribution in [3.8, 4) is 0 Å². The second-order valence-corrected chi connectivity index (χ2v) is 5.12. The molecule has 2 aliphatic heterocycles. The average Bonchev–Trinajstić information content (AvgIpc) is 3.00. The minimum absolute atomic E-state index is 0.0372. The second-order valence-electron chi connectivity index (χ2n) is 5.12. The molecule has 2 rings (SSSR count). The molecule has 2 fully saturated rings. The molecule has 2 saturated heterocycles. The van der Waals surface area contributed by atoms with E-state index in [0.29, 0.717) is 19.1 Å². The highest BCUT2D eigenvalue weighted by Crippen LogP contribution is 2.16. The lowest BCUT2D eigenvalue weighted by Gasteiger charge is -2.18. The van der Waals surface area contributed by atoms with Crippen LogP contribution < -0.4 is 10.6 Å². The van der Waals surface area contributed by atoms with Crippen molar-refractivity contribution in [1.29, 1.82) is 0 Å². The van der Waals surface area contributed by atoms with Gasteiger partial charge in [-0.1, -0.05) is 6.92 Å². The molecule has 3 unspecified atom stereocenters. The summed E-state index contributed by atoms with van der Waals surface area (Å²) in [5.41, 5.74) is 0. The molecule has 5 nitrogen and oxygen atoms in total. The summed E-state index contributed by atoms with van der Waals surface area (Å²) in [6.07, 6.45) is 2.15. The Morgan fingerprint density at radius 1 is 1.28 bits per heavy atom. The monoisotopic (exact) mass is 256 g/mol. The van der Waals surface area contributed by atoms with Crippen LogP contribution in [0.4, 0.5) is 0 Å². The zero-order chi connectivity index (χ0) is 12.8. The molecule has 104 valence electrons. The lowest BCUT2D eigenvalue weighted by Crippen LogP contribution is -2.44. The van der Waals surface area contributed by atoms with E-state index in [-0.39, 0.29) is 17.9 Å². The van der Waals surface area contributed by atoms with E-state index in [0.717, 1.165) is 39.1 Å². The first-order chi connectivity index (χ1) is 8.81. The van der Waals surface area contributed by atoms with Crippen molar-refractivity contribution < 1.29 is 14.3 Å². The topological polar surface area (TPSA) is 59.6 Å². The van der Waals surface area contributed by atoms with E-state index in [1.54, 1.807) is 0 Å². The van der Waals surface area contributed by atoms with E-state index in [1.807, 2.05) is 6.92 Å². The first-order valence-electron chi connectivity index (χ1n) is 6.97. The number of carbonyl (C=O) groups excluding carboxylic acids is 1. The van der Waals surface area contributed by atoms with Gasteiger partial charge in [-0.25, -0.2) is 0 Å². The van der Waals surface area contributed by atoms with Crippen molar-refractivity contribution in [2.75, 3.05) is 39.5 Å². The Morgan fingerprint density at radius 2 is 2.17 bits per heavy atom. The van der Waals surface area contributed by atoms with E-state index in [2.05, 4.69) is 10.6 Å². The van der Waals surface area contributed by atoms with E-state index < -0.39 is 0 Å². The number of ether oxygens (including phenoxy) is 2. The predicted octanol–water partition coefficient (Wildman–Crippen LogP) is 0.154. The number of hydrogen-bond donors (Lipinski definition) is 2. The van der Waals surface area contributed by atoms with Gasteiger partial charge in [-0.3, -0.25) is 4.79 Å². The summed E-state index contributed by atoms with van der Waals surface area (Å²) in [6.45, 7) is 6.57. The minimum atomic E-state index is -0.0372. The molecule has 0 aromatic heterocycles. The highest BCUT2D eigenvalue weighted by molar-refractivity contribution is 5.79. The maximum atomic E-state index is 12.0. The van der Waals surface area contributed by atoms with E-state index in [9.17, 15) is 4.79 Å². The van der Waals surface area contributed by atoms with Crippen molar-refractivity contribution in [2.24, 2.45) is 11.8 Å². The van der Waals surface area contributed by atoms with Gasteiger partial charge in [0.15, 0.2) is 0 Å². The van der Waals surface area contributed by atoms with E-state index in [1.165, 1.54) is 0 Å². The Balaban J connectivity index is 1.66. The van der Waals surface area contributed by atoms with Gasteiger partial charge in [-0.2, -0.15) is 0 Å². The zero-order valence-electron chi connectivity index (χ0n) is 11.1. The summed E-state index contributed by atoms with van der Waals surface area (Å²) in [4.78, 5) is 12.0. The van der Waals surface area contributed by atoms with Gasteiger partial charge in [0.2, 0.25) is 5.91 Å². The summed E-state index contributed by atoms with van der Waals surface area (Å²) >= 11 is 0. The minimum Gasteiger partial charge on any atom is -0.381 e. The molecule has 0 bridgehead atoms. The standard InChI is InChI=1S/C13H24N2O3/c1-2-14-12-9-18-8-11(12)13(16)15-5-3-10-4-6-17-7-10/h10-12,14H,2-9H2,1H3,(H,15,16). The Kier molecular flexibility index (Phi) is 5.41. The molecule has 18 heavy (non-hydrogen) atoms. The Bertz CT molecular complexity index is 267. The highest BCUT2D eigenvalue weighted by atomic mass is 16.5. The molecule has 3 atom stereocenters. The van der Waals surface area contributed by atoms with Gasteiger partial charge in [-0.05, 0) is 25.3 Å². The fraction of sp³-hybridized carbons (Fsp3) is 0.923. The molecular formula is C13H24N2O3. The van der Waals surface area contributed by atoms with Crippen LogP contribution in [-0.4, -0.2) is 51.5 Å². The molecule has 2 aliphatic rings. The van der Waals surface area contributed by atoms with Crippen LogP contribution >= 0.6 is 0 Å². The first-order valence-corrected chi connectivity index (χ1v) is 6.97. The number of likely N-dealkylation sites (N-methyl/N-ethyl adjacent to an activating group) is 1. The van der Waals surface area contributed by atoms with Crippen LogP contribution in [0.3, 0.4) is 0 Å². The third-order valence-electron chi connectivity index (χ3n) is 3.76. The molecule has 2 N–H and O–H groups in total. The average molecular weight is 256 g/mol. The Labute approximate surface area is 109 Å². The number of rotatable bonds is 6. The summed E-state index contributed by atoms with van der Waals surface area (Å²) in [5.74, 6) is 0.705. The molecular weight excluding hydrogens is 232 g/mol. The van der Waals surface area contributed by atoms with Crippen LogP contribution in [0.2, 0.25) is 0 Å². The SMILES string of the molecule is CCNC1COCC1C(=O)NCCC1CCOC1. The van der Waals surface area contributed by atoms with Gasteiger partial charge in [0.05, 0.1) is 19.1 Å². The van der Waals surface area contributed by atoms with Gasteiger partial charge in [-0.15, -0.1) is 0 Å². The lowest BCUT2D eigenvalue weighted by atomic mass is 10.0. The van der Waals surface area contributed by atoms with Gasteiger partial charge >= 0.3 is 0 Å². The van der Waals surface area contributed by atoms with Crippen LogP contribution in [0.15, 0.2) is 0 Å². The van der Waals surface area contributed by atoms with Crippen LogP contribution in [0.25, 0.3) is 0 Å². The second kappa shape index (κ2) is 7.07. The molecule has 0 aromatic carbocycles. The van der Waals surface area contributed by atoms with E-state index in [4.69, 9.17) is 9.47 Å². The Hall–Kier alpha value is -0.650. The number of hydrogen-bond acceptors (Lipinski definition) is 4. The molecule has 0 radical (unpaired) electrons. The third kappa shape index (κ3) is 3.67. The van der Waals surface area contributed by atoms with Gasteiger partial charge in [0.1, 0.15) is 0 Å². The van der Waals surface area contributed by atoms with Crippen molar-refractivity contribution in [3.63, 3.8) is 0 Å². The summed E-state index contributed by atoms with van der Waals surface area (Å²) in [7, 11) is 0. The van der Waals surface area contributed by atoms with Crippen LogP contribution in [0, 0.1) is 11.8 Å². The smallest absolute Gasteiger partial charge is 0.227 e. The van der Waals surface area contributed by atoms with Gasteiger partial charge in [0, 0.05) is 25.8 Å². The first kappa shape index (κ1) is 13.8. The molecule has 1 amide bonds. The van der Waals surface area contributed by atoms with Crippen LogP contribution in [0.1, 0.15) is 19.8 Å². The summed E-state index contributed by atoms with van der Waals surface area (Å²) in [6, 6.07) is 0.171. The van der Waals surface area contributed by atoms with Crippen molar-refractivity contribution in [3.05, 3.63) is 0 Å². The van der Waals surface area contributed by atoms with Crippen LogP contribution in [0.5, 0.6) is 0 Å². The van der Waals surface area contributed by atoms with Crippen molar-refractivity contribution in [2.45, 2.75) is 25.8 Å². The number of amides is 1. The number of carbonyl (C=O) groups is 1. The normalized spacial score (nSPS) is 31.7. The fourth-order valence-corrected chi connectivity index (χ4v) is 2.62. The summed E-state index contributed by atoms with van der Waals surface area (Å²) in [5, 5.41) is 6.33. The van der Waals surface area contributed by atoms with Crippen molar-refractivity contribution >= 4 is 5.91 Å². The molecule has 0 saturated carbocycles. The molecule has 0 aliphatic carbocycles. The highest BCUT2D eigenvalue weighted by Gasteiger charge is 2.33. The number of nitrogens with one attached hydrogen (secondary N) is 2. The molecule has 5 heteroatoms. The fourth-order valence-electron chi connectivity index (χ4n) is 2.62. The van der Waals surface area contributed by atoms with Gasteiger partial charge in [0.25, 0.3) is 0 Å². The molecule has 2 heterocycles. The van der Waals surface area contributed by atoms with Crippen molar-refractivity contribution in [1.82, 2.24) is 10.6 Å². The lowest BCUT2D eigenvalue weighted by molar-refractivity contribution is -0.125. The molecule has 0 spiro atoms. The largest absolute Gasteiger partial charge is 0.381 e. The van der Waals surface area contributed by atoms with E-state index >= 15 is 0 Å². The molecule has 0 aromatic rings. The maximum Gasteiger partial charge on any atom is 0.227 e. The zero-order valence-corrected chi connectivity index (χ0v) is 11.1. The quantitative estimate of drug-likeness (QED) is 0.710. The predicted molar refractivity (Wildman–Crippen MR) is 68.3 cm³/mol. The summed E-state index contributed by atoms with van der Waals surface area (Å²) < 4.78 is 10.7. The van der Waals surface area contributed by atoms with Gasteiger partial charge < -0.3 is 20.1 Å². The Morgan fingerprint density at radius 3 is 2.89 bits per heavy atom. The maximum absolute atomic E-state index is 12.0.